The lowest BCUT2D eigenvalue weighted by Crippen LogP contribution is -2.22. The fourth-order valence-corrected chi connectivity index (χ4v) is 3.18. The van der Waals surface area contributed by atoms with E-state index in [1.54, 1.807) is 12.1 Å². The van der Waals surface area contributed by atoms with Crippen molar-refractivity contribution < 1.29 is 26.7 Å². The van der Waals surface area contributed by atoms with Crippen LogP contribution >= 0.6 is 0 Å². The Morgan fingerprint density at radius 1 is 1.00 bits per heavy atom. The van der Waals surface area contributed by atoms with Crippen LogP contribution < -0.4 is 10.1 Å². The number of benzene rings is 2. The van der Waals surface area contributed by atoms with Crippen molar-refractivity contribution in [2.24, 2.45) is 0 Å². The van der Waals surface area contributed by atoms with Gasteiger partial charge in [0, 0.05) is 35.0 Å². The van der Waals surface area contributed by atoms with Crippen molar-refractivity contribution in [3.05, 3.63) is 66.5 Å². The zero-order valence-corrected chi connectivity index (χ0v) is 16.5. The maximum atomic E-state index is 14.4. The van der Waals surface area contributed by atoms with E-state index >= 15 is 0 Å². The number of ether oxygens (including phenoxy) is 1. The summed E-state index contributed by atoms with van der Waals surface area (Å²) < 4.78 is 71.9. The van der Waals surface area contributed by atoms with Gasteiger partial charge >= 0.3 is 6.18 Å². The maximum Gasteiger partial charge on any atom is 0.405 e. The number of nitrogens with zero attached hydrogens (tertiary/aromatic N) is 3. The minimum absolute atomic E-state index is 0.0460. The SMILES string of the molecule is COc1cc(-c2ccc(F)cc2F)cc2c(NCC(F)(F)F)nc(-c3cccnc3)nc12. The summed E-state index contributed by atoms with van der Waals surface area (Å²) in [6.07, 6.45) is -1.49. The van der Waals surface area contributed by atoms with Crippen molar-refractivity contribution >= 4 is 16.7 Å². The number of anilines is 1. The molecule has 0 saturated carbocycles. The Hall–Kier alpha value is -3.82. The molecule has 4 aromatic rings. The molecule has 0 aliphatic carbocycles. The molecule has 0 aliphatic rings. The summed E-state index contributed by atoms with van der Waals surface area (Å²) in [5.74, 6) is -1.38. The summed E-state index contributed by atoms with van der Waals surface area (Å²) in [6, 6.07) is 9.25. The molecular formula is C22H15F5N4O. The number of pyridine rings is 1. The van der Waals surface area contributed by atoms with Crippen LogP contribution in [0.25, 0.3) is 33.4 Å². The van der Waals surface area contributed by atoms with Gasteiger partial charge in [0.05, 0.1) is 7.11 Å². The van der Waals surface area contributed by atoms with Gasteiger partial charge in [0.1, 0.15) is 35.3 Å². The fraction of sp³-hybridized carbons (Fsp3) is 0.136. The molecule has 0 radical (unpaired) electrons. The molecule has 0 saturated heterocycles. The number of halogens is 5. The third-order valence-electron chi connectivity index (χ3n) is 4.60. The molecular weight excluding hydrogens is 431 g/mol. The molecule has 0 atom stereocenters. The van der Waals surface area contributed by atoms with Gasteiger partial charge in [-0.3, -0.25) is 4.98 Å². The predicted octanol–water partition coefficient (Wildman–Crippen LogP) is 5.62. The first-order valence-electron chi connectivity index (χ1n) is 9.31. The molecule has 5 nitrogen and oxygen atoms in total. The van der Waals surface area contributed by atoms with E-state index < -0.39 is 24.4 Å². The number of alkyl halides is 3. The van der Waals surface area contributed by atoms with Crippen LogP contribution in [0.2, 0.25) is 0 Å². The van der Waals surface area contributed by atoms with Crippen molar-refractivity contribution in [3.63, 3.8) is 0 Å². The maximum absolute atomic E-state index is 14.4. The third-order valence-corrected chi connectivity index (χ3v) is 4.60. The Labute approximate surface area is 178 Å². The molecule has 164 valence electrons. The molecule has 0 aliphatic heterocycles. The van der Waals surface area contributed by atoms with E-state index in [0.29, 0.717) is 5.56 Å². The predicted molar refractivity (Wildman–Crippen MR) is 109 cm³/mol. The first-order valence-corrected chi connectivity index (χ1v) is 9.31. The lowest BCUT2D eigenvalue weighted by molar-refractivity contribution is -0.115. The molecule has 1 N–H and O–H groups in total. The van der Waals surface area contributed by atoms with E-state index in [4.69, 9.17) is 4.74 Å². The number of fused-ring (bicyclic) bond motifs is 1. The molecule has 0 spiro atoms. The van der Waals surface area contributed by atoms with Crippen LogP contribution in [0.4, 0.5) is 27.8 Å². The van der Waals surface area contributed by atoms with Gasteiger partial charge in [0.15, 0.2) is 5.82 Å². The van der Waals surface area contributed by atoms with Gasteiger partial charge in [-0.05, 0) is 42.0 Å². The topological polar surface area (TPSA) is 59.9 Å². The number of rotatable bonds is 5. The minimum atomic E-state index is -4.50. The molecule has 0 bridgehead atoms. The van der Waals surface area contributed by atoms with E-state index in [9.17, 15) is 22.0 Å². The molecule has 0 amide bonds. The van der Waals surface area contributed by atoms with Crippen LogP contribution in [0.15, 0.2) is 54.9 Å². The number of methoxy groups -OCH3 is 1. The van der Waals surface area contributed by atoms with Crippen LogP contribution in [0.3, 0.4) is 0 Å². The fourth-order valence-electron chi connectivity index (χ4n) is 3.18. The minimum Gasteiger partial charge on any atom is -0.494 e. The highest BCUT2D eigenvalue weighted by Gasteiger charge is 2.28. The van der Waals surface area contributed by atoms with Crippen LogP contribution in [-0.4, -0.2) is 34.8 Å². The average Bonchev–Trinajstić information content (AvgIpc) is 2.76. The van der Waals surface area contributed by atoms with Gasteiger partial charge in [0.25, 0.3) is 0 Å². The molecule has 0 unspecified atom stereocenters. The van der Waals surface area contributed by atoms with Gasteiger partial charge < -0.3 is 10.1 Å². The van der Waals surface area contributed by atoms with Crippen LogP contribution in [0.1, 0.15) is 0 Å². The number of hydrogen-bond acceptors (Lipinski definition) is 5. The van der Waals surface area contributed by atoms with Crippen molar-refractivity contribution in [2.45, 2.75) is 6.18 Å². The summed E-state index contributed by atoms with van der Waals surface area (Å²) in [6.45, 7) is -1.34. The van der Waals surface area contributed by atoms with Crippen LogP contribution in [0, 0.1) is 11.6 Å². The highest BCUT2D eigenvalue weighted by atomic mass is 19.4. The number of aromatic nitrogens is 3. The lowest BCUT2D eigenvalue weighted by Gasteiger charge is -2.16. The second-order valence-corrected chi connectivity index (χ2v) is 6.81. The Kier molecular flexibility index (Phi) is 5.60. The quantitative estimate of drug-likeness (QED) is 0.403. The molecule has 4 rings (SSSR count). The summed E-state index contributed by atoms with van der Waals surface area (Å²) in [5, 5.41) is 2.47. The van der Waals surface area contributed by atoms with Gasteiger partial charge in [-0.1, -0.05) is 0 Å². The summed E-state index contributed by atoms with van der Waals surface area (Å²) >= 11 is 0. The lowest BCUT2D eigenvalue weighted by atomic mass is 10.0. The monoisotopic (exact) mass is 446 g/mol. The highest BCUT2D eigenvalue weighted by molar-refractivity contribution is 5.98. The van der Waals surface area contributed by atoms with Gasteiger partial charge in [-0.25, -0.2) is 18.7 Å². The summed E-state index contributed by atoms with van der Waals surface area (Å²) in [5.41, 5.74) is 1.02. The van der Waals surface area contributed by atoms with Crippen LogP contribution in [0.5, 0.6) is 5.75 Å². The van der Waals surface area contributed by atoms with E-state index in [0.717, 1.165) is 12.1 Å². The Morgan fingerprint density at radius 3 is 2.47 bits per heavy atom. The largest absolute Gasteiger partial charge is 0.494 e. The van der Waals surface area contributed by atoms with Gasteiger partial charge in [0.2, 0.25) is 0 Å². The molecule has 32 heavy (non-hydrogen) atoms. The Balaban J connectivity index is 1.96. The molecule has 2 aromatic heterocycles. The van der Waals surface area contributed by atoms with Gasteiger partial charge in [-0.2, -0.15) is 13.2 Å². The van der Waals surface area contributed by atoms with E-state index in [-0.39, 0.29) is 39.4 Å². The van der Waals surface area contributed by atoms with Crippen molar-refractivity contribution in [3.8, 4) is 28.3 Å². The summed E-state index contributed by atoms with van der Waals surface area (Å²) in [4.78, 5) is 12.7. The number of hydrogen-bond donors (Lipinski definition) is 1. The highest BCUT2D eigenvalue weighted by Crippen LogP contribution is 2.37. The zero-order valence-electron chi connectivity index (χ0n) is 16.5. The first kappa shape index (κ1) is 21.4. The number of nitrogens with one attached hydrogen (secondary N) is 1. The second kappa shape index (κ2) is 8.37. The van der Waals surface area contributed by atoms with Crippen molar-refractivity contribution in [1.29, 1.82) is 0 Å². The van der Waals surface area contributed by atoms with Crippen molar-refractivity contribution in [1.82, 2.24) is 15.0 Å². The zero-order chi connectivity index (χ0) is 22.9. The molecule has 2 heterocycles. The van der Waals surface area contributed by atoms with Crippen molar-refractivity contribution in [2.75, 3.05) is 19.0 Å². The van der Waals surface area contributed by atoms with E-state index in [2.05, 4.69) is 20.3 Å². The Bertz CT molecular complexity index is 1280. The Morgan fingerprint density at radius 2 is 1.81 bits per heavy atom. The first-order chi connectivity index (χ1) is 15.2. The average molecular weight is 446 g/mol. The molecule has 10 heteroatoms. The normalized spacial score (nSPS) is 11.6. The van der Waals surface area contributed by atoms with Crippen LogP contribution in [-0.2, 0) is 0 Å². The smallest absolute Gasteiger partial charge is 0.405 e. The standard InChI is InChI=1S/C22H15F5N4O/c1-32-18-8-13(15-5-4-14(23)9-17(15)24)7-16-19(18)30-20(12-3-2-6-28-10-12)31-21(16)29-11-22(25,26)27/h2-10H,11H2,1H3,(H,29,30,31). The van der Waals surface area contributed by atoms with Gasteiger partial charge in [-0.15, -0.1) is 0 Å². The summed E-state index contributed by atoms with van der Waals surface area (Å²) in [7, 11) is 1.36. The second-order valence-electron chi connectivity index (χ2n) is 6.81. The molecule has 0 fully saturated rings. The van der Waals surface area contributed by atoms with E-state index in [1.165, 1.54) is 37.7 Å². The third kappa shape index (κ3) is 4.43. The van der Waals surface area contributed by atoms with E-state index in [1.807, 2.05) is 0 Å². The molecule has 2 aromatic carbocycles.